The van der Waals surface area contributed by atoms with Gasteiger partial charge in [-0.1, -0.05) is 12.1 Å². The summed E-state index contributed by atoms with van der Waals surface area (Å²) in [5.41, 5.74) is 10.4. The second-order valence-corrected chi connectivity index (χ2v) is 5.14. The molecule has 20 heavy (non-hydrogen) atoms. The molecule has 2 N–H and O–H groups in total. The molecule has 0 bridgehead atoms. The topological polar surface area (TPSA) is 53.1 Å². The van der Waals surface area contributed by atoms with Gasteiger partial charge in [0.25, 0.3) is 0 Å². The second-order valence-electron chi connectivity index (χ2n) is 5.14. The summed E-state index contributed by atoms with van der Waals surface area (Å²) < 4.78 is 7.84. The van der Waals surface area contributed by atoms with Gasteiger partial charge in [0.2, 0.25) is 0 Å². The number of aryl methyl sites for hydroxylation is 3. The first-order chi connectivity index (χ1) is 9.61. The monoisotopic (exact) mass is 273 g/mol. The molecule has 2 rings (SSSR count). The van der Waals surface area contributed by atoms with E-state index in [0.717, 1.165) is 18.6 Å². The van der Waals surface area contributed by atoms with Crippen LogP contribution in [0.2, 0.25) is 0 Å². The lowest BCUT2D eigenvalue weighted by Gasteiger charge is -2.14. The Morgan fingerprint density at radius 3 is 2.45 bits per heavy atom. The van der Waals surface area contributed by atoms with Gasteiger partial charge < -0.3 is 10.5 Å². The Balaban J connectivity index is 2.01. The number of benzene rings is 1. The van der Waals surface area contributed by atoms with E-state index in [2.05, 4.69) is 31.1 Å². The second kappa shape index (κ2) is 6.57. The van der Waals surface area contributed by atoms with Gasteiger partial charge in [-0.15, -0.1) is 0 Å². The molecule has 0 amide bonds. The van der Waals surface area contributed by atoms with Crippen LogP contribution in [0.15, 0.2) is 24.4 Å². The van der Waals surface area contributed by atoms with E-state index in [0.29, 0.717) is 13.2 Å². The minimum Gasteiger partial charge on any atom is -0.493 e. The van der Waals surface area contributed by atoms with Crippen LogP contribution in [0.5, 0.6) is 5.75 Å². The molecule has 0 atom stereocenters. The molecule has 0 aliphatic carbocycles. The van der Waals surface area contributed by atoms with E-state index >= 15 is 0 Å². The molecule has 0 unspecified atom stereocenters. The summed E-state index contributed by atoms with van der Waals surface area (Å²) >= 11 is 0. The fourth-order valence-corrected chi connectivity index (χ4v) is 2.48. The Labute approximate surface area is 120 Å². The smallest absolute Gasteiger partial charge is 0.125 e. The molecule has 1 aromatic heterocycles. The average Bonchev–Trinajstić information content (AvgIpc) is 2.79. The predicted molar refractivity (Wildman–Crippen MR) is 81.1 cm³/mol. The molecular weight excluding hydrogens is 250 g/mol. The summed E-state index contributed by atoms with van der Waals surface area (Å²) in [6.07, 6.45) is 3.59. The Bertz CT molecular complexity index is 552. The van der Waals surface area contributed by atoms with Crippen molar-refractivity contribution >= 4 is 0 Å². The molecule has 0 aliphatic heterocycles. The Kier molecular flexibility index (Phi) is 4.79. The van der Waals surface area contributed by atoms with Crippen LogP contribution in [0.1, 0.15) is 22.4 Å². The molecule has 108 valence electrons. The first-order valence-corrected chi connectivity index (χ1v) is 7.01. The summed E-state index contributed by atoms with van der Waals surface area (Å²) in [6.45, 7) is 5.52. The zero-order chi connectivity index (χ0) is 14.5. The Morgan fingerprint density at radius 2 is 1.90 bits per heavy atom. The van der Waals surface area contributed by atoms with Gasteiger partial charge in [0, 0.05) is 25.4 Å². The van der Waals surface area contributed by atoms with E-state index in [9.17, 15) is 0 Å². The quantitative estimate of drug-likeness (QED) is 0.877. The lowest BCUT2D eigenvalue weighted by atomic mass is 10.0. The van der Waals surface area contributed by atoms with Gasteiger partial charge in [-0.2, -0.15) is 5.10 Å². The van der Waals surface area contributed by atoms with Crippen molar-refractivity contribution in [2.24, 2.45) is 12.8 Å². The van der Waals surface area contributed by atoms with Gasteiger partial charge in [0.05, 0.1) is 6.61 Å². The highest BCUT2D eigenvalue weighted by molar-refractivity contribution is 5.43. The molecule has 1 aromatic carbocycles. The number of hydrogen-bond donors (Lipinski definition) is 1. The van der Waals surface area contributed by atoms with Gasteiger partial charge in [-0.25, -0.2) is 0 Å². The zero-order valence-corrected chi connectivity index (χ0v) is 12.5. The fourth-order valence-electron chi connectivity index (χ4n) is 2.48. The van der Waals surface area contributed by atoms with Crippen molar-refractivity contribution in [2.45, 2.75) is 26.7 Å². The molecule has 4 nitrogen and oxygen atoms in total. The molecule has 0 aliphatic rings. The largest absolute Gasteiger partial charge is 0.493 e. The maximum Gasteiger partial charge on any atom is 0.125 e. The fraction of sp³-hybridized carbons (Fsp3) is 0.438. The number of nitrogens with zero attached hydrogens (tertiary/aromatic N) is 2. The number of rotatable bonds is 6. The molecule has 1 heterocycles. The van der Waals surface area contributed by atoms with Crippen molar-refractivity contribution < 1.29 is 4.74 Å². The van der Waals surface area contributed by atoms with Crippen molar-refractivity contribution in [2.75, 3.05) is 13.2 Å². The normalized spacial score (nSPS) is 10.8. The van der Waals surface area contributed by atoms with Gasteiger partial charge >= 0.3 is 0 Å². The number of nitrogens with two attached hydrogens (primary N) is 1. The van der Waals surface area contributed by atoms with E-state index in [-0.39, 0.29) is 0 Å². The average molecular weight is 273 g/mol. The van der Waals surface area contributed by atoms with Gasteiger partial charge in [-0.05, 0) is 49.6 Å². The summed E-state index contributed by atoms with van der Waals surface area (Å²) in [4.78, 5) is 0. The lowest BCUT2D eigenvalue weighted by Crippen LogP contribution is -2.08. The molecule has 0 saturated carbocycles. The van der Waals surface area contributed by atoms with E-state index in [1.54, 1.807) is 0 Å². The third-order valence-electron chi connectivity index (χ3n) is 3.48. The summed E-state index contributed by atoms with van der Waals surface area (Å²) in [6, 6.07) is 6.35. The SMILES string of the molecule is Cc1cc(CCN)cc(C)c1OCCc1ccnn1C. The third-order valence-corrected chi connectivity index (χ3v) is 3.48. The van der Waals surface area contributed by atoms with Gasteiger partial charge in [-0.3, -0.25) is 4.68 Å². The summed E-state index contributed by atoms with van der Waals surface area (Å²) in [5, 5.41) is 4.16. The molecule has 0 fully saturated rings. The van der Waals surface area contributed by atoms with Crippen LogP contribution in [0, 0.1) is 13.8 Å². The van der Waals surface area contributed by atoms with Crippen molar-refractivity contribution in [3.05, 3.63) is 46.8 Å². The minimum absolute atomic E-state index is 0.664. The van der Waals surface area contributed by atoms with Crippen molar-refractivity contribution in [3.8, 4) is 5.75 Å². The number of ether oxygens (including phenoxy) is 1. The Hall–Kier alpha value is -1.81. The number of aromatic nitrogens is 2. The highest BCUT2D eigenvalue weighted by atomic mass is 16.5. The van der Waals surface area contributed by atoms with Crippen molar-refractivity contribution in [3.63, 3.8) is 0 Å². The van der Waals surface area contributed by atoms with Gasteiger partial charge in [0.1, 0.15) is 5.75 Å². The van der Waals surface area contributed by atoms with Gasteiger partial charge in [0.15, 0.2) is 0 Å². The Morgan fingerprint density at radius 1 is 1.20 bits per heavy atom. The standard InChI is InChI=1S/C16H23N3O/c1-12-10-14(4-7-17)11-13(2)16(12)20-9-6-15-5-8-18-19(15)3/h5,8,10-11H,4,6-7,9,17H2,1-3H3. The van der Waals surface area contributed by atoms with Crippen LogP contribution in [-0.2, 0) is 19.9 Å². The summed E-state index contributed by atoms with van der Waals surface area (Å²) in [5.74, 6) is 0.993. The van der Waals surface area contributed by atoms with Crippen molar-refractivity contribution in [1.29, 1.82) is 0 Å². The van der Waals surface area contributed by atoms with E-state index in [1.807, 2.05) is 24.0 Å². The van der Waals surface area contributed by atoms with Crippen molar-refractivity contribution in [1.82, 2.24) is 9.78 Å². The maximum atomic E-state index is 5.96. The van der Waals surface area contributed by atoms with Crippen LogP contribution in [0.3, 0.4) is 0 Å². The van der Waals surface area contributed by atoms with Crippen LogP contribution in [0.25, 0.3) is 0 Å². The number of hydrogen-bond acceptors (Lipinski definition) is 3. The molecule has 2 aromatic rings. The molecular formula is C16H23N3O. The zero-order valence-electron chi connectivity index (χ0n) is 12.5. The van der Waals surface area contributed by atoms with E-state index in [4.69, 9.17) is 10.5 Å². The van der Waals surface area contributed by atoms with Crippen LogP contribution >= 0.6 is 0 Å². The summed E-state index contributed by atoms with van der Waals surface area (Å²) in [7, 11) is 1.95. The third kappa shape index (κ3) is 3.39. The van der Waals surface area contributed by atoms with Crippen LogP contribution in [0.4, 0.5) is 0 Å². The molecule has 0 saturated heterocycles. The van der Waals surface area contributed by atoms with E-state index < -0.39 is 0 Å². The predicted octanol–water partition coefficient (Wildman–Crippen LogP) is 2.16. The first-order valence-electron chi connectivity index (χ1n) is 7.01. The molecule has 0 radical (unpaired) electrons. The maximum absolute atomic E-state index is 5.96. The van der Waals surface area contributed by atoms with Crippen LogP contribution < -0.4 is 10.5 Å². The minimum atomic E-state index is 0.664. The highest BCUT2D eigenvalue weighted by Crippen LogP contribution is 2.25. The van der Waals surface area contributed by atoms with E-state index in [1.165, 1.54) is 22.4 Å². The lowest BCUT2D eigenvalue weighted by molar-refractivity contribution is 0.314. The molecule has 0 spiro atoms. The molecule has 4 heteroatoms. The first kappa shape index (κ1) is 14.6. The highest BCUT2D eigenvalue weighted by Gasteiger charge is 2.07. The van der Waals surface area contributed by atoms with Crippen LogP contribution in [-0.4, -0.2) is 22.9 Å².